The van der Waals surface area contributed by atoms with Crippen molar-refractivity contribution in [2.45, 2.75) is 64.3 Å². The Kier molecular flexibility index (Phi) is 3.06. The first-order valence-corrected chi connectivity index (χ1v) is 6.49. The number of ether oxygens (including phenoxy) is 1. The van der Waals surface area contributed by atoms with Crippen molar-refractivity contribution in [3.63, 3.8) is 0 Å². The smallest absolute Gasteiger partial charge is 0.0716 e. The summed E-state index contributed by atoms with van der Waals surface area (Å²) in [5, 5.41) is 10.8. The summed E-state index contributed by atoms with van der Waals surface area (Å²) < 4.78 is 5.91. The Morgan fingerprint density at radius 3 is 2.56 bits per heavy atom. The van der Waals surface area contributed by atoms with Crippen LogP contribution >= 0.6 is 0 Å². The van der Waals surface area contributed by atoms with Crippen LogP contribution in [0.25, 0.3) is 0 Å². The summed E-state index contributed by atoms with van der Waals surface area (Å²) in [5.74, 6) is 0.484. The lowest BCUT2D eigenvalue weighted by molar-refractivity contribution is -0.110. The van der Waals surface area contributed by atoms with E-state index in [1.807, 2.05) is 6.92 Å². The van der Waals surface area contributed by atoms with Crippen LogP contribution in [0.1, 0.15) is 46.5 Å². The second kappa shape index (κ2) is 3.97. The van der Waals surface area contributed by atoms with E-state index in [2.05, 4.69) is 13.8 Å². The molecule has 3 heteroatoms. The largest absolute Gasteiger partial charge is 0.389 e. The molecule has 3 nitrogen and oxygen atoms in total. The predicted octanol–water partition coefficient (Wildman–Crippen LogP) is 1.68. The molecule has 0 aromatic heterocycles. The molecule has 0 radical (unpaired) electrons. The Hall–Kier alpha value is -0.120. The van der Waals surface area contributed by atoms with E-state index in [0.717, 1.165) is 25.7 Å². The maximum atomic E-state index is 10.8. The van der Waals surface area contributed by atoms with E-state index in [9.17, 15) is 5.11 Å². The van der Waals surface area contributed by atoms with Gasteiger partial charge in [-0.2, -0.15) is 0 Å². The van der Waals surface area contributed by atoms with Crippen molar-refractivity contribution in [1.29, 1.82) is 0 Å². The Bertz CT molecular complexity index is 265. The molecular formula is C13H25NO2. The highest BCUT2D eigenvalue weighted by atomic mass is 16.5. The van der Waals surface area contributed by atoms with E-state index >= 15 is 0 Å². The van der Waals surface area contributed by atoms with Gasteiger partial charge in [-0.1, -0.05) is 13.8 Å². The minimum Gasteiger partial charge on any atom is -0.389 e. The molecule has 16 heavy (non-hydrogen) atoms. The van der Waals surface area contributed by atoms with Gasteiger partial charge in [-0.3, -0.25) is 0 Å². The van der Waals surface area contributed by atoms with Crippen molar-refractivity contribution in [3.05, 3.63) is 0 Å². The average molecular weight is 227 g/mol. The number of nitrogens with two attached hydrogens (primary N) is 1. The molecule has 0 spiro atoms. The Labute approximate surface area is 98.4 Å². The number of hydrogen-bond donors (Lipinski definition) is 2. The van der Waals surface area contributed by atoms with Gasteiger partial charge in [-0.05, 0) is 38.5 Å². The molecule has 0 aromatic rings. The first-order chi connectivity index (χ1) is 7.41. The highest BCUT2D eigenvalue weighted by Gasteiger charge is 2.60. The van der Waals surface area contributed by atoms with Crippen LogP contribution in [0.2, 0.25) is 0 Å². The van der Waals surface area contributed by atoms with Crippen molar-refractivity contribution in [2.24, 2.45) is 17.1 Å². The maximum Gasteiger partial charge on any atom is 0.0716 e. The lowest BCUT2D eigenvalue weighted by atomic mass is 9.61. The number of fused-ring (bicyclic) bond motifs is 2. The minimum atomic E-state index is -0.699. The Balaban J connectivity index is 2.21. The molecule has 2 bridgehead atoms. The van der Waals surface area contributed by atoms with Crippen molar-refractivity contribution in [3.8, 4) is 0 Å². The Morgan fingerprint density at radius 2 is 2.19 bits per heavy atom. The first-order valence-electron chi connectivity index (χ1n) is 6.49. The minimum absolute atomic E-state index is 0.177. The summed E-state index contributed by atoms with van der Waals surface area (Å²) in [5.41, 5.74) is 5.07. The van der Waals surface area contributed by atoms with Crippen LogP contribution in [0.5, 0.6) is 0 Å². The topological polar surface area (TPSA) is 55.5 Å². The van der Waals surface area contributed by atoms with Crippen molar-refractivity contribution in [2.75, 3.05) is 6.54 Å². The maximum absolute atomic E-state index is 10.8. The van der Waals surface area contributed by atoms with Crippen LogP contribution in [0.15, 0.2) is 0 Å². The fourth-order valence-electron chi connectivity index (χ4n) is 3.80. The van der Waals surface area contributed by atoms with E-state index in [-0.39, 0.29) is 11.5 Å². The number of aliphatic hydroxyl groups is 1. The Morgan fingerprint density at radius 1 is 1.50 bits per heavy atom. The summed E-state index contributed by atoms with van der Waals surface area (Å²) in [7, 11) is 0. The standard InChI is InChI=1S/C13H25NO2/c1-9(2)6-12(3,15)13(8-14)7-10-4-5-11(13)16-10/h9-11,15H,4-8,14H2,1-3H3. The van der Waals surface area contributed by atoms with Gasteiger partial charge in [0.05, 0.1) is 17.8 Å². The van der Waals surface area contributed by atoms with E-state index in [4.69, 9.17) is 10.5 Å². The zero-order chi connectivity index (χ0) is 12.0. The molecule has 2 aliphatic heterocycles. The van der Waals surface area contributed by atoms with Gasteiger partial charge in [0.2, 0.25) is 0 Å². The molecule has 2 aliphatic rings. The molecule has 0 aliphatic carbocycles. The molecule has 2 fully saturated rings. The third kappa shape index (κ3) is 1.69. The molecule has 2 saturated heterocycles. The van der Waals surface area contributed by atoms with Crippen molar-refractivity contribution in [1.82, 2.24) is 0 Å². The van der Waals surface area contributed by atoms with Gasteiger partial charge in [-0.15, -0.1) is 0 Å². The highest BCUT2D eigenvalue weighted by Crippen LogP contribution is 2.54. The van der Waals surface area contributed by atoms with Gasteiger partial charge < -0.3 is 15.6 Å². The third-order valence-corrected chi connectivity index (χ3v) is 4.56. The summed E-state index contributed by atoms with van der Waals surface area (Å²) in [6, 6.07) is 0. The third-order valence-electron chi connectivity index (χ3n) is 4.56. The zero-order valence-electron chi connectivity index (χ0n) is 10.7. The van der Waals surface area contributed by atoms with Crippen LogP contribution in [0, 0.1) is 11.3 Å². The van der Waals surface area contributed by atoms with Crippen molar-refractivity contribution >= 4 is 0 Å². The second-order valence-corrected chi connectivity index (χ2v) is 6.26. The van der Waals surface area contributed by atoms with Crippen molar-refractivity contribution < 1.29 is 9.84 Å². The molecule has 0 aromatic carbocycles. The van der Waals surface area contributed by atoms with Crippen LogP contribution in [-0.2, 0) is 4.74 Å². The molecule has 2 heterocycles. The van der Waals surface area contributed by atoms with Gasteiger partial charge in [0, 0.05) is 12.0 Å². The van der Waals surface area contributed by atoms with Crippen LogP contribution in [0.4, 0.5) is 0 Å². The van der Waals surface area contributed by atoms with Gasteiger partial charge in [0.15, 0.2) is 0 Å². The lowest BCUT2D eigenvalue weighted by Crippen LogP contribution is -2.56. The summed E-state index contributed by atoms with van der Waals surface area (Å²) in [4.78, 5) is 0. The SMILES string of the molecule is CC(C)CC(C)(O)C1(CN)CC2CCC1O2. The van der Waals surface area contributed by atoms with E-state index < -0.39 is 5.60 Å². The van der Waals surface area contributed by atoms with Crippen LogP contribution < -0.4 is 5.73 Å². The summed E-state index contributed by atoms with van der Waals surface area (Å²) in [6.45, 7) is 6.78. The second-order valence-electron chi connectivity index (χ2n) is 6.26. The zero-order valence-corrected chi connectivity index (χ0v) is 10.7. The molecule has 4 unspecified atom stereocenters. The van der Waals surface area contributed by atoms with E-state index in [1.54, 1.807) is 0 Å². The lowest BCUT2D eigenvalue weighted by Gasteiger charge is -2.47. The van der Waals surface area contributed by atoms with Crippen LogP contribution in [-0.4, -0.2) is 29.5 Å². The first kappa shape index (κ1) is 12.3. The number of hydrogen-bond acceptors (Lipinski definition) is 3. The molecule has 0 saturated carbocycles. The van der Waals surface area contributed by atoms with Gasteiger partial charge in [0.25, 0.3) is 0 Å². The predicted molar refractivity (Wildman–Crippen MR) is 64.1 cm³/mol. The van der Waals surface area contributed by atoms with Gasteiger partial charge >= 0.3 is 0 Å². The fourth-order valence-corrected chi connectivity index (χ4v) is 3.80. The van der Waals surface area contributed by atoms with Crippen LogP contribution in [0.3, 0.4) is 0 Å². The molecule has 2 rings (SSSR count). The summed E-state index contributed by atoms with van der Waals surface area (Å²) >= 11 is 0. The molecule has 4 atom stereocenters. The quantitative estimate of drug-likeness (QED) is 0.768. The molecular weight excluding hydrogens is 202 g/mol. The summed E-state index contributed by atoms with van der Waals surface area (Å²) in [6.07, 6.45) is 4.47. The highest BCUT2D eigenvalue weighted by molar-refractivity contribution is 5.10. The van der Waals surface area contributed by atoms with E-state index in [0.29, 0.717) is 18.6 Å². The number of rotatable bonds is 4. The molecule has 3 N–H and O–H groups in total. The monoisotopic (exact) mass is 227 g/mol. The normalized spacial score (nSPS) is 41.6. The molecule has 94 valence electrons. The molecule has 0 amide bonds. The van der Waals surface area contributed by atoms with E-state index in [1.165, 1.54) is 0 Å². The van der Waals surface area contributed by atoms with Gasteiger partial charge in [-0.25, -0.2) is 0 Å². The fraction of sp³-hybridized carbons (Fsp3) is 1.00. The average Bonchev–Trinajstić information content (AvgIpc) is 2.74. The van der Waals surface area contributed by atoms with Gasteiger partial charge in [0.1, 0.15) is 0 Å².